The fourth-order valence-electron chi connectivity index (χ4n) is 6.33. The quantitative estimate of drug-likeness (QED) is 0.563. The summed E-state index contributed by atoms with van der Waals surface area (Å²) in [6.07, 6.45) is 5.56. The first-order valence-electron chi connectivity index (χ1n) is 12.2. The number of nitrogens with one attached hydrogen (secondary N) is 1. The summed E-state index contributed by atoms with van der Waals surface area (Å²) in [7, 11) is 0. The number of ether oxygens (including phenoxy) is 1. The minimum Gasteiger partial charge on any atom is -0.381 e. The van der Waals surface area contributed by atoms with Gasteiger partial charge in [-0.15, -0.1) is 0 Å². The molecule has 7 heteroatoms. The minimum atomic E-state index is -0.647. The Labute approximate surface area is 202 Å². The van der Waals surface area contributed by atoms with E-state index in [9.17, 15) is 9.59 Å². The standard InChI is InChI=1S/C28H28FN3O3/c1-2-23(33)32-10-7-17-16(14-32)4-3-5-18(17)24-21(29)12-19(27(30)34)26-25(24)20-13-28(9-11-35-15-28)8-6-22(20)31-26/h2-5,12,31H,1,6-11,13-15H2,(H2,30,34). The van der Waals surface area contributed by atoms with Crippen LogP contribution in [0.3, 0.4) is 0 Å². The van der Waals surface area contributed by atoms with E-state index in [2.05, 4.69) is 11.6 Å². The molecule has 6 nitrogen and oxygen atoms in total. The Kier molecular flexibility index (Phi) is 5.07. The largest absolute Gasteiger partial charge is 0.381 e. The highest BCUT2D eigenvalue weighted by Crippen LogP contribution is 2.47. The molecule has 1 spiro atoms. The van der Waals surface area contributed by atoms with Gasteiger partial charge in [0.2, 0.25) is 5.91 Å². The molecule has 3 aromatic rings. The van der Waals surface area contributed by atoms with Crippen molar-refractivity contribution in [1.29, 1.82) is 0 Å². The Bertz CT molecular complexity index is 1400. The van der Waals surface area contributed by atoms with Gasteiger partial charge in [-0.3, -0.25) is 9.59 Å². The van der Waals surface area contributed by atoms with Crippen molar-refractivity contribution < 1.29 is 18.7 Å². The second kappa shape index (κ2) is 8.05. The number of benzene rings is 2. The molecule has 2 aliphatic heterocycles. The zero-order chi connectivity index (χ0) is 24.3. The molecule has 3 heterocycles. The summed E-state index contributed by atoms with van der Waals surface area (Å²) in [5, 5.41) is 0.762. The number of carbonyl (C=O) groups is 2. The van der Waals surface area contributed by atoms with E-state index in [0.29, 0.717) is 37.2 Å². The van der Waals surface area contributed by atoms with Gasteiger partial charge in [0.1, 0.15) is 5.82 Å². The average molecular weight is 474 g/mol. The SMILES string of the molecule is C=CC(=O)N1CCc2c(cccc2-c2c(F)cc(C(N)=O)c3[nH]c4c(c23)CC2(CCOC2)CC4)C1. The van der Waals surface area contributed by atoms with Crippen molar-refractivity contribution in [3.63, 3.8) is 0 Å². The number of primary amides is 1. The molecule has 0 bridgehead atoms. The van der Waals surface area contributed by atoms with E-state index in [1.165, 1.54) is 12.1 Å². The van der Waals surface area contributed by atoms with Gasteiger partial charge in [-0.2, -0.15) is 0 Å². The first-order chi connectivity index (χ1) is 16.9. The molecule has 35 heavy (non-hydrogen) atoms. The molecule has 1 aliphatic carbocycles. The molecule has 6 rings (SSSR count). The Morgan fingerprint density at radius 1 is 1.23 bits per heavy atom. The van der Waals surface area contributed by atoms with E-state index in [1.807, 2.05) is 18.2 Å². The molecule has 1 fully saturated rings. The molecule has 1 aromatic heterocycles. The first-order valence-corrected chi connectivity index (χ1v) is 12.2. The summed E-state index contributed by atoms with van der Waals surface area (Å²) in [5.41, 5.74) is 12.0. The number of carbonyl (C=O) groups excluding carboxylic acids is 2. The second-order valence-corrected chi connectivity index (χ2v) is 10.1. The molecule has 1 saturated heterocycles. The van der Waals surface area contributed by atoms with Crippen LogP contribution in [0.15, 0.2) is 36.9 Å². The van der Waals surface area contributed by atoms with Crippen LogP contribution in [0.2, 0.25) is 0 Å². The number of H-pyrrole nitrogens is 1. The van der Waals surface area contributed by atoms with Crippen LogP contribution in [0, 0.1) is 11.2 Å². The third-order valence-electron chi connectivity index (χ3n) is 8.15. The van der Waals surface area contributed by atoms with Crippen molar-refractivity contribution in [2.24, 2.45) is 11.1 Å². The molecule has 3 N–H and O–H groups in total. The third kappa shape index (κ3) is 3.40. The topological polar surface area (TPSA) is 88.4 Å². The number of aromatic nitrogens is 1. The lowest BCUT2D eigenvalue weighted by Crippen LogP contribution is -2.35. The lowest BCUT2D eigenvalue weighted by molar-refractivity contribution is -0.126. The van der Waals surface area contributed by atoms with Crippen LogP contribution in [0.25, 0.3) is 22.0 Å². The number of nitrogens with zero attached hydrogens (tertiary/aromatic N) is 1. The smallest absolute Gasteiger partial charge is 0.250 e. The second-order valence-electron chi connectivity index (χ2n) is 10.1. The average Bonchev–Trinajstić information content (AvgIpc) is 3.47. The Balaban J connectivity index is 1.58. The normalized spacial score (nSPS) is 21.2. The number of hydrogen-bond donors (Lipinski definition) is 2. The minimum absolute atomic E-state index is 0.0558. The number of nitrogens with two attached hydrogens (primary N) is 1. The van der Waals surface area contributed by atoms with Crippen LogP contribution in [0.1, 0.15) is 45.6 Å². The van der Waals surface area contributed by atoms with Crippen molar-refractivity contribution >= 4 is 22.7 Å². The first kappa shape index (κ1) is 22.0. The van der Waals surface area contributed by atoms with Gasteiger partial charge in [0.15, 0.2) is 0 Å². The highest BCUT2D eigenvalue weighted by Gasteiger charge is 2.40. The van der Waals surface area contributed by atoms with Gasteiger partial charge in [0, 0.05) is 41.8 Å². The molecule has 3 aliphatic rings. The Morgan fingerprint density at radius 3 is 2.83 bits per heavy atom. The van der Waals surface area contributed by atoms with Gasteiger partial charge in [-0.25, -0.2) is 4.39 Å². The maximum Gasteiger partial charge on any atom is 0.250 e. The fourth-order valence-corrected chi connectivity index (χ4v) is 6.33. The number of halogens is 1. The summed E-state index contributed by atoms with van der Waals surface area (Å²) in [5.74, 6) is -1.20. The molecule has 180 valence electrons. The zero-order valence-corrected chi connectivity index (χ0v) is 19.6. The number of fused-ring (bicyclic) bond motifs is 4. The van der Waals surface area contributed by atoms with Gasteiger partial charge in [-0.1, -0.05) is 24.8 Å². The number of aryl methyl sites for hydroxylation is 1. The number of hydrogen-bond acceptors (Lipinski definition) is 3. The highest BCUT2D eigenvalue weighted by molar-refractivity contribution is 6.11. The molecule has 0 radical (unpaired) electrons. The molecule has 1 atom stereocenters. The molecule has 0 saturated carbocycles. The van der Waals surface area contributed by atoms with Crippen LogP contribution in [0.5, 0.6) is 0 Å². The van der Waals surface area contributed by atoms with Gasteiger partial charge in [-0.05, 0) is 66.5 Å². The molecule has 2 amide bonds. The van der Waals surface area contributed by atoms with Crippen molar-refractivity contribution in [1.82, 2.24) is 9.88 Å². The molecular weight excluding hydrogens is 445 g/mol. The Morgan fingerprint density at radius 2 is 2.09 bits per heavy atom. The molecule has 1 unspecified atom stereocenters. The van der Waals surface area contributed by atoms with Crippen LogP contribution >= 0.6 is 0 Å². The van der Waals surface area contributed by atoms with Crippen molar-refractivity contribution in [2.75, 3.05) is 19.8 Å². The molecular formula is C28H28FN3O3. The summed E-state index contributed by atoms with van der Waals surface area (Å²) in [4.78, 5) is 29.7. The van der Waals surface area contributed by atoms with E-state index >= 15 is 4.39 Å². The summed E-state index contributed by atoms with van der Waals surface area (Å²) < 4.78 is 21.7. The number of aromatic amines is 1. The predicted octanol–water partition coefficient (Wildman–Crippen LogP) is 4.04. The zero-order valence-electron chi connectivity index (χ0n) is 19.6. The summed E-state index contributed by atoms with van der Waals surface area (Å²) in [6, 6.07) is 7.12. The van der Waals surface area contributed by atoms with Crippen molar-refractivity contribution in [3.05, 3.63) is 70.7 Å². The lowest BCUT2D eigenvalue weighted by Gasteiger charge is -2.32. The maximum atomic E-state index is 15.9. The van der Waals surface area contributed by atoms with Crippen LogP contribution in [-0.4, -0.2) is 41.5 Å². The van der Waals surface area contributed by atoms with Crippen molar-refractivity contribution in [2.45, 2.75) is 38.6 Å². The fraction of sp³-hybridized carbons (Fsp3) is 0.357. The van der Waals surface area contributed by atoms with Gasteiger partial charge >= 0.3 is 0 Å². The van der Waals surface area contributed by atoms with E-state index < -0.39 is 11.7 Å². The van der Waals surface area contributed by atoms with Crippen LogP contribution in [0.4, 0.5) is 4.39 Å². The van der Waals surface area contributed by atoms with Gasteiger partial charge in [0.05, 0.1) is 17.7 Å². The van der Waals surface area contributed by atoms with E-state index in [-0.39, 0.29) is 16.9 Å². The summed E-state index contributed by atoms with van der Waals surface area (Å²) >= 11 is 0. The Hall–Kier alpha value is -3.45. The monoisotopic (exact) mass is 473 g/mol. The summed E-state index contributed by atoms with van der Waals surface area (Å²) in [6.45, 7) is 6.06. The maximum absolute atomic E-state index is 15.9. The van der Waals surface area contributed by atoms with E-state index in [1.54, 1.807) is 4.90 Å². The predicted molar refractivity (Wildman–Crippen MR) is 131 cm³/mol. The third-order valence-corrected chi connectivity index (χ3v) is 8.15. The van der Waals surface area contributed by atoms with Gasteiger partial charge in [0.25, 0.3) is 5.91 Å². The van der Waals surface area contributed by atoms with Crippen LogP contribution < -0.4 is 5.73 Å². The number of amides is 2. The number of rotatable bonds is 3. The van der Waals surface area contributed by atoms with Gasteiger partial charge < -0.3 is 20.4 Å². The lowest BCUT2D eigenvalue weighted by atomic mass is 9.72. The van der Waals surface area contributed by atoms with Crippen LogP contribution in [-0.2, 0) is 35.3 Å². The highest BCUT2D eigenvalue weighted by atomic mass is 19.1. The molecule has 2 aromatic carbocycles. The van der Waals surface area contributed by atoms with E-state index in [4.69, 9.17) is 10.5 Å². The van der Waals surface area contributed by atoms with Crippen molar-refractivity contribution in [3.8, 4) is 11.1 Å². The van der Waals surface area contributed by atoms with E-state index in [0.717, 1.165) is 65.6 Å².